The average Bonchev–Trinajstić information content (AvgIpc) is 2.36. The molecule has 0 bridgehead atoms. The molecule has 0 heterocycles. The van der Waals surface area contributed by atoms with E-state index < -0.39 is 0 Å². The lowest BCUT2D eigenvalue weighted by Gasteiger charge is -2.13. The van der Waals surface area contributed by atoms with Gasteiger partial charge >= 0.3 is 0 Å². The van der Waals surface area contributed by atoms with Crippen LogP contribution in [-0.2, 0) is 0 Å². The van der Waals surface area contributed by atoms with Crippen LogP contribution in [0.2, 0.25) is 0 Å². The maximum Gasteiger partial charge on any atom is 0.266 e. The number of nitrogens with two attached hydrogens (primary N) is 1. The predicted molar refractivity (Wildman–Crippen MR) is 70.3 cm³/mol. The smallest absolute Gasteiger partial charge is 0.266 e. The Kier molecular flexibility index (Phi) is 5.86. The van der Waals surface area contributed by atoms with E-state index in [-0.39, 0.29) is 5.91 Å². The highest BCUT2D eigenvalue weighted by molar-refractivity contribution is 7.99. The fourth-order valence-corrected chi connectivity index (χ4v) is 2.27. The molecule has 1 aromatic rings. The average molecular weight is 254 g/mol. The zero-order valence-corrected chi connectivity index (χ0v) is 11.0. The molecule has 1 aromatic carbocycles. The van der Waals surface area contributed by atoms with Crippen LogP contribution in [0.3, 0.4) is 0 Å². The van der Waals surface area contributed by atoms with Gasteiger partial charge in [-0.1, -0.05) is 19.9 Å². The van der Waals surface area contributed by atoms with E-state index in [4.69, 9.17) is 10.6 Å². The largest absolute Gasteiger partial charge is 0.492 e. The van der Waals surface area contributed by atoms with Crippen LogP contribution in [0.1, 0.15) is 30.6 Å². The van der Waals surface area contributed by atoms with E-state index in [0.717, 1.165) is 22.8 Å². The summed E-state index contributed by atoms with van der Waals surface area (Å²) in [6.07, 6.45) is 0.934. The Morgan fingerprint density at radius 3 is 2.82 bits per heavy atom. The second kappa shape index (κ2) is 7.19. The van der Waals surface area contributed by atoms with E-state index >= 15 is 0 Å². The lowest BCUT2D eigenvalue weighted by molar-refractivity contribution is 0.0950. The number of rotatable bonds is 6. The van der Waals surface area contributed by atoms with Gasteiger partial charge in [-0.25, -0.2) is 5.84 Å². The number of ether oxygens (including phenoxy) is 1. The molecule has 1 rings (SSSR count). The summed E-state index contributed by atoms with van der Waals surface area (Å²) in [4.78, 5) is 12.5. The number of benzene rings is 1. The minimum atomic E-state index is -0.289. The molecule has 5 heteroatoms. The monoisotopic (exact) mass is 254 g/mol. The van der Waals surface area contributed by atoms with Gasteiger partial charge in [-0.05, 0) is 24.3 Å². The van der Waals surface area contributed by atoms with Crippen molar-refractivity contribution in [1.82, 2.24) is 5.43 Å². The summed E-state index contributed by atoms with van der Waals surface area (Å²) >= 11 is 1.58. The first-order valence-electron chi connectivity index (χ1n) is 5.64. The highest BCUT2D eigenvalue weighted by atomic mass is 32.2. The maximum atomic E-state index is 11.6. The van der Waals surface area contributed by atoms with Crippen molar-refractivity contribution in [1.29, 1.82) is 0 Å². The van der Waals surface area contributed by atoms with Gasteiger partial charge in [0.1, 0.15) is 5.75 Å². The van der Waals surface area contributed by atoms with Gasteiger partial charge in [-0.2, -0.15) is 0 Å². The lowest BCUT2D eigenvalue weighted by atomic mass is 10.2. The summed E-state index contributed by atoms with van der Waals surface area (Å²) in [7, 11) is 0. The summed E-state index contributed by atoms with van der Waals surface area (Å²) in [5, 5.41) is 0. The van der Waals surface area contributed by atoms with Gasteiger partial charge in [0, 0.05) is 0 Å². The van der Waals surface area contributed by atoms with Gasteiger partial charge in [-0.3, -0.25) is 10.2 Å². The van der Waals surface area contributed by atoms with Crippen molar-refractivity contribution in [2.45, 2.75) is 25.2 Å². The zero-order chi connectivity index (χ0) is 12.7. The minimum Gasteiger partial charge on any atom is -0.492 e. The van der Waals surface area contributed by atoms with Crippen LogP contribution in [0, 0.1) is 0 Å². The third-order valence-corrected chi connectivity index (χ3v) is 3.10. The standard InChI is InChI=1S/C12H18N2O2S/c1-3-8-16-10-7-5-6-9(12(15)14-13)11(10)17-4-2/h5-7H,3-4,8,13H2,1-2H3,(H,14,15). The first-order chi connectivity index (χ1) is 8.24. The molecule has 3 N–H and O–H groups in total. The Balaban J connectivity index is 3.07. The molecule has 0 fully saturated rings. The third-order valence-electron chi connectivity index (χ3n) is 2.10. The van der Waals surface area contributed by atoms with Gasteiger partial charge in [0.25, 0.3) is 5.91 Å². The minimum absolute atomic E-state index is 0.289. The number of carbonyl (C=O) groups is 1. The summed E-state index contributed by atoms with van der Waals surface area (Å²) in [5.74, 6) is 6.50. The summed E-state index contributed by atoms with van der Waals surface area (Å²) in [6.45, 7) is 4.72. The molecule has 0 saturated carbocycles. The van der Waals surface area contributed by atoms with Gasteiger partial charge in [-0.15, -0.1) is 11.8 Å². The Morgan fingerprint density at radius 1 is 1.47 bits per heavy atom. The Hall–Kier alpha value is -1.20. The van der Waals surface area contributed by atoms with E-state index in [1.165, 1.54) is 0 Å². The van der Waals surface area contributed by atoms with Gasteiger partial charge < -0.3 is 4.74 Å². The Morgan fingerprint density at radius 2 is 2.24 bits per heavy atom. The first-order valence-corrected chi connectivity index (χ1v) is 6.62. The Bertz CT molecular complexity index is 383. The molecular weight excluding hydrogens is 236 g/mol. The SMILES string of the molecule is CCCOc1cccc(C(=O)NN)c1SCC. The van der Waals surface area contributed by atoms with Crippen molar-refractivity contribution in [2.75, 3.05) is 12.4 Å². The maximum absolute atomic E-state index is 11.6. The summed E-state index contributed by atoms with van der Waals surface area (Å²) in [6, 6.07) is 5.43. The number of amides is 1. The molecule has 0 aliphatic carbocycles. The molecule has 4 nitrogen and oxygen atoms in total. The molecule has 17 heavy (non-hydrogen) atoms. The molecule has 0 unspecified atom stereocenters. The molecule has 0 aromatic heterocycles. The normalized spacial score (nSPS) is 10.1. The molecule has 1 amide bonds. The van der Waals surface area contributed by atoms with E-state index in [1.54, 1.807) is 23.9 Å². The molecular formula is C12H18N2O2S. The van der Waals surface area contributed by atoms with Crippen molar-refractivity contribution < 1.29 is 9.53 Å². The van der Waals surface area contributed by atoms with E-state index in [9.17, 15) is 4.79 Å². The molecule has 0 spiro atoms. The highest BCUT2D eigenvalue weighted by Crippen LogP contribution is 2.32. The number of carbonyl (C=O) groups excluding carboxylic acids is 1. The number of thioether (sulfide) groups is 1. The predicted octanol–water partition coefficient (Wildman–Crippen LogP) is 2.19. The van der Waals surface area contributed by atoms with Crippen molar-refractivity contribution in [3.63, 3.8) is 0 Å². The van der Waals surface area contributed by atoms with Crippen LogP contribution >= 0.6 is 11.8 Å². The van der Waals surface area contributed by atoms with Crippen molar-refractivity contribution in [2.24, 2.45) is 5.84 Å². The topological polar surface area (TPSA) is 64.3 Å². The third kappa shape index (κ3) is 3.64. The van der Waals surface area contributed by atoms with Crippen LogP contribution in [0.15, 0.2) is 23.1 Å². The van der Waals surface area contributed by atoms with E-state index in [1.807, 2.05) is 19.9 Å². The molecule has 0 saturated heterocycles. The van der Waals surface area contributed by atoms with Gasteiger partial charge in [0.15, 0.2) is 0 Å². The number of hydrogen-bond acceptors (Lipinski definition) is 4. The second-order valence-corrected chi connectivity index (χ2v) is 4.66. The number of hydrogen-bond donors (Lipinski definition) is 2. The molecule has 94 valence electrons. The number of hydrazine groups is 1. The number of nitrogens with one attached hydrogen (secondary N) is 1. The van der Waals surface area contributed by atoms with Crippen molar-refractivity contribution in [3.05, 3.63) is 23.8 Å². The van der Waals surface area contributed by atoms with Crippen LogP contribution in [0.5, 0.6) is 5.75 Å². The fraction of sp³-hybridized carbons (Fsp3) is 0.417. The quantitative estimate of drug-likeness (QED) is 0.353. The van der Waals surface area contributed by atoms with Crippen LogP contribution < -0.4 is 16.0 Å². The molecule has 0 atom stereocenters. The highest BCUT2D eigenvalue weighted by Gasteiger charge is 2.14. The fourth-order valence-electron chi connectivity index (χ4n) is 1.39. The van der Waals surface area contributed by atoms with E-state index in [2.05, 4.69) is 5.43 Å². The molecule has 0 aliphatic rings. The zero-order valence-electron chi connectivity index (χ0n) is 10.2. The summed E-state index contributed by atoms with van der Waals surface area (Å²) in [5.41, 5.74) is 2.72. The molecule has 0 aliphatic heterocycles. The van der Waals surface area contributed by atoms with Gasteiger partial charge in [0.2, 0.25) is 0 Å². The first kappa shape index (κ1) is 13.9. The number of nitrogen functional groups attached to an aromatic ring is 1. The molecule has 0 radical (unpaired) electrons. The summed E-state index contributed by atoms with van der Waals surface area (Å²) < 4.78 is 5.63. The lowest BCUT2D eigenvalue weighted by Crippen LogP contribution is -2.30. The van der Waals surface area contributed by atoms with Crippen LogP contribution in [0.4, 0.5) is 0 Å². The van der Waals surface area contributed by atoms with Crippen molar-refractivity contribution >= 4 is 17.7 Å². The van der Waals surface area contributed by atoms with Crippen LogP contribution in [-0.4, -0.2) is 18.3 Å². The van der Waals surface area contributed by atoms with E-state index in [0.29, 0.717) is 12.2 Å². The van der Waals surface area contributed by atoms with Gasteiger partial charge in [0.05, 0.1) is 17.1 Å². The van der Waals surface area contributed by atoms with Crippen molar-refractivity contribution in [3.8, 4) is 5.75 Å². The second-order valence-electron chi connectivity index (χ2n) is 3.39. The van der Waals surface area contributed by atoms with Crippen LogP contribution in [0.25, 0.3) is 0 Å². The Labute approximate surface area is 106 Å².